The number of rotatable bonds is 5. The summed E-state index contributed by atoms with van der Waals surface area (Å²) >= 11 is 0. The molecule has 2 amide bonds. The minimum atomic E-state index is -2.89. The van der Waals surface area contributed by atoms with Crippen LogP contribution < -0.4 is 5.32 Å². The molecule has 2 N–H and O–H groups in total. The zero-order chi connectivity index (χ0) is 12.0. The topological polar surface area (TPSA) is 69.6 Å². The normalized spacial score (nSPS) is 12.4. The molecule has 7 heteroatoms. The van der Waals surface area contributed by atoms with Gasteiger partial charge in [0, 0.05) is 20.5 Å². The summed E-state index contributed by atoms with van der Waals surface area (Å²) in [7, 11) is 1.41. The van der Waals surface area contributed by atoms with Gasteiger partial charge in [0.05, 0.1) is 6.54 Å². The van der Waals surface area contributed by atoms with E-state index in [0.29, 0.717) is 0 Å². The van der Waals surface area contributed by atoms with Gasteiger partial charge in [-0.2, -0.15) is 0 Å². The SMILES string of the molecule is CC(=O)N(C)CC(=O)NCC(O)C(F)F. The summed E-state index contributed by atoms with van der Waals surface area (Å²) < 4.78 is 23.6. The molecule has 0 heterocycles. The van der Waals surface area contributed by atoms with Crippen molar-refractivity contribution in [1.82, 2.24) is 10.2 Å². The van der Waals surface area contributed by atoms with Crippen LogP contribution in [0.25, 0.3) is 0 Å². The molecule has 0 aromatic rings. The predicted octanol–water partition coefficient (Wildman–Crippen LogP) is -0.793. The smallest absolute Gasteiger partial charge is 0.265 e. The number of aliphatic hydroxyl groups is 1. The number of aliphatic hydroxyl groups excluding tert-OH is 1. The summed E-state index contributed by atoms with van der Waals surface area (Å²) in [6.45, 7) is 0.537. The van der Waals surface area contributed by atoms with Crippen LogP contribution in [0.1, 0.15) is 6.92 Å². The molecule has 0 aliphatic heterocycles. The molecule has 0 aromatic heterocycles. The predicted molar refractivity (Wildman–Crippen MR) is 48.3 cm³/mol. The molecule has 0 aliphatic rings. The fourth-order valence-electron chi connectivity index (χ4n) is 0.690. The Morgan fingerprint density at radius 2 is 2.00 bits per heavy atom. The third-order valence-corrected chi connectivity index (χ3v) is 1.72. The van der Waals surface area contributed by atoms with Gasteiger partial charge in [0.1, 0.15) is 6.10 Å². The first-order valence-electron chi connectivity index (χ1n) is 4.29. The summed E-state index contributed by atoms with van der Waals surface area (Å²) in [6.07, 6.45) is -4.77. The summed E-state index contributed by atoms with van der Waals surface area (Å²) in [5.74, 6) is -0.896. The number of likely N-dealkylation sites (N-methyl/N-ethyl adjacent to an activating group) is 1. The number of carbonyl (C=O) groups is 2. The van der Waals surface area contributed by atoms with Gasteiger partial charge in [-0.3, -0.25) is 9.59 Å². The number of nitrogens with zero attached hydrogens (tertiary/aromatic N) is 1. The second-order valence-corrected chi connectivity index (χ2v) is 3.08. The molecule has 0 radical (unpaired) electrons. The van der Waals surface area contributed by atoms with E-state index in [0.717, 1.165) is 4.90 Å². The summed E-state index contributed by atoms with van der Waals surface area (Å²) in [4.78, 5) is 22.9. The van der Waals surface area contributed by atoms with Crippen LogP contribution in [-0.2, 0) is 9.59 Å². The highest BCUT2D eigenvalue weighted by molar-refractivity contribution is 5.83. The van der Waals surface area contributed by atoms with Crippen molar-refractivity contribution in [3.05, 3.63) is 0 Å². The van der Waals surface area contributed by atoms with Crippen LogP contribution >= 0.6 is 0 Å². The average molecular weight is 224 g/mol. The molecule has 0 saturated carbocycles. The monoisotopic (exact) mass is 224 g/mol. The Balaban J connectivity index is 3.80. The highest BCUT2D eigenvalue weighted by Crippen LogP contribution is 1.98. The Bertz CT molecular complexity index is 236. The lowest BCUT2D eigenvalue weighted by atomic mass is 10.3. The summed E-state index contributed by atoms with van der Waals surface area (Å²) in [6, 6.07) is 0. The first kappa shape index (κ1) is 13.8. The van der Waals surface area contributed by atoms with Crippen molar-refractivity contribution in [2.45, 2.75) is 19.5 Å². The summed E-state index contributed by atoms with van der Waals surface area (Å²) in [5, 5.41) is 10.8. The minimum Gasteiger partial charge on any atom is -0.385 e. The number of hydrogen-bond donors (Lipinski definition) is 2. The van der Waals surface area contributed by atoms with Crippen molar-refractivity contribution in [3.63, 3.8) is 0 Å². The number of nitrogens with one attached hydrogen (secondary N) is 1. The standard InChI is InChI=1S/C8H14F2N2O3/c1-5(13)12(2)4-7(15)11-3-6(14)8(9)10/h6,8,14H,3-4H2,1-2H3,(H,11,15). The lowest BCUT2D eigenvalue weighted by Gasteiger charge is -2.15. The lowest BCUT2D eigenvalue weighted by Crippen LogP contribution is -2.41. The molecule has 1 unspecified atom stereocenters. The molecular weight excluding hydrogens is 210 g/mol. The largest absolute Gasteiger partial charge is 0.385 e. The Kier molecular flexibility index (Phi) is 5.76. The van der Waals surface area contributed by atoms with Gasteiger partial charge >= 0.3 is 0 Å². The van der Waals surface area contributed by atoms with Crippen molar-refractivity contribution in [3.8, 4) is 0 Å². The van der Waals surface area contributed by atoms with Gasteiger partial charge in [0.2, 0.25) is 11.8 Å². The van der Waals surface area contributed by atoms with E-state index in [1.54, 1.807) is 0 Å². The number of halogens is 2. The van der Waals surface area contributed by atoms with Gasteiger partial charge in [0.25, 0.3) is 6.43 Å². The Morgan fingerprint density at radius 3 is 2.40 bits per heavy atom. The molecule has 0 aliphatic carbocycles. The molecule has 0 aromatic carbocycles. The summed E-state index contributed by atoms with van der Waals surface area (Å²) in [5.41, 5.74) is 0. The van der Waals surface area contributed by atoms with E-state index in [-0.39, 0.29) is 12.5 Å². The maximum Gasteiger partial charge on any atom is 0.265 e. The van der Waals surface area contributed by atoms with Crippen LogP contribution in [0.3, 0.4) is 0 Å². The van der Waals surface area contributed by atoms with E-state index in [9.17, 15) is 18.4 Å². The van der Waals surface area contributed by atoms with E-state index in [1.165, 1.54) is 14.0 Å². The molecule has 0 rings (SSSR count). The van der Waals surface area contributed by atoms with Crippen molar-refractivity contribution in [1.29, 1.82) is 0 Å². The van der Waals surface area contributed by atoms with Gasteiger partial charge in [0.15, 0.2) is 0 Å². The highest BCUT2D eigenvalue weighted by atomic mass is 19.3. The molecule has 0 fully saturated rings. The fourth-order valence-corrected chi connectivity index (χ4v) is 0.690. The van der Waals surface area contributed by atoms with Crippen LogP contribution in [0.5, 0.6) is 0 Å². The molecule has 5 nitrogen and oxygen atoms in total. The number of carbonyl (C=O) groups excluding carboxylic acids is 2. The van der Waals surface area contributed by atoms with Crippen LogP contribution in [0.2, 0.25) is 0 Å². The van der Waals surface area contributed by atoms with Crippen LogP contribution in [-0.4, -0.2) is 54.5 Å². The molecule has 0 spiro atoms. The third-order valence-electron chi connectivity index (χ3n) is 1.72. The van der Waals surface area contributed by atoms with Crippen molar-refractivity contribution in [2.75, 3.05) is 20.1 Å². The quantitative estimate of drug-likeness (QED) is 0.642. The Hall–Kier alpha value is -1.24. The molecule has 88 valence electrons. The van der Waals surface area contributed by atoms with Gasteiger partial charge in [-0.1, -0.05) is 0 Å². The van der Waals surface area contributed by atoms with Gasteiger partial charge in [-0.15, -0.1) is 0 Å². The zero-order valence-electron chi connectivity index (χ0n) is 8.54. The molecular formula is C8H14F2N2O3. The molecule has 15 heavy (non-hydrogen) atoms. The number of amides is 2. The first-order chi connectivity index (χ1) is 6.84. The van der Waals surface area contributed by atoms with Crippen molar-refractivity contribution in [2.24, 2.45) is 0 Å². The molecule has 1 atom stereocenters. The molecule has 0 bridgehead atoms. The number of alkyl halides is 2. The van der Waals surface area contributed by atoms with Crippen molar-refractivity contribution < 1.29 is 23.5 Å². The van der Waals surface area contributed by atoms with Crippen LogP contribution in [0.15, 0.2) is 0 Å². The lowest BCUT2D eigenvalue weighted by molar-refractivity contribution is -0.133. The van der Waals surface area contributed by atoms with E-state index < -0.39 is 25.0 Å². The Morgan fingerprint density at radius 1 is 1.47 bits per heavy atom. The number of hydrogen-bond acceptors (Lipinski definition) is 3. The zero-order valence-corrected chi connectivity index (χ0v) is 8.54. The van der Waals surface area contributed by atoms with E-state index in [2.05, 4.69) is 5.32 Å². The second kappa shape index (κ2) is 6.28. The second-order valence-electron chi connectivity index (χ2n) is 3.08. The Labute approximate surface area is 86.1 Å². The average Bonchev–Trinajstić information content (AvgIpc) is 2.13. The van der Waals surface area contributed by atoms with E-state index in [4.69, 9.17) is 5.11 Å². The first-order valence-corrected chi connectivity index (χ1v) is 4.29. The minimum absolute atomic E-state index is 0.217. The van der Waals surface area contributed by atoms with Gasteiger partial charge in [-0.05, 0) is 0 Å². The maximum absolute atomic E-state index is 11.8. The van der Waals surface area contributed by atoms with Crippen LogP contribution in [0, 0.1) is 0 Å². The fraction of sp³-hybridized carbons (Fsp3) is 0.750. The third kappa shape index (κ3) is 5.95. The highest BCUT2D eigenvalue weighted by Gasteiger charge is 2.17. The van der Waals surface area contributed by atoms with Gasteiger partial charge in [-0.25, -0.2) is 8.78 Å². The molecule has 0 saturated heterocycles. The van der Waals surface area contributed by atoms with Crippen LogP contribution in [0.4, 0.5) is 8.78 Å². The maximum atomic E-state index is 11.8. The van der Waals surface area contributed by atoms with E-state index in [1.807, 2.05) is 0 Å². The van der Waals surface area contributed by atoms with Crippen molar-refractivity contribution >= 4 is 11.8 Å². The van der Waals surface area contributed by atoms with E-state index >= 15 is 0 Å². The van der Waals surface area contributed by atoms with Gasteiger partial charge < -0.3 is 15.3 Å².